The summed E-state index contributed by atoms with van der Waals surface area (Å²) in [7, 11) is -0.658. The minimum absolute atomic E-state index is 0.0150. The number of aliphatic hydroxyl groups excluding tert-OH is 1. The van der Waals surface area contributed by atoms with Crippen LogP contribution in [0.1, 0.15) is 34.8 Å². The predicted octanol–water partition coefficient (Wildman–Crippen LogP) is 8.58. The Morgan fingerprint density at radius 3 is 2.28 bits per heavy atom. The number of carbonyl (C=O) groups excluding carboxylic acids is 2. The molecule has 0 bridgehead atoms. The van der Waals surface area contributed by atoms with Crippen LogP contribution < -0.4 is 24.5 Å². The third-order valence-corrected chi connectivity index (χ3v) is 16.0. The number of carbonyl (C=O) groups is 2. The average Bonchev–Trinajstić information content (AvgIpc) is 3.53. The third-order valence-electron chi connectivity index (χ3n) is 11.4. The van der Waals surface area contributed by atoms with Gasteiger partial charge in [0.25, 0.3) is 11.8 Å². The van der Waals surface area contributed by atoms with Crippen molar-refractivity contribution in [2.45, 2.75) is 50.2 Å². The largest absolute Gasteiger partial charge is 0.497 e. The number of aliphatic hydroxyl groups is 1. The number of ether oxygens (including phenoxy) is 3. The minimum atomic E-state index is -2.32. The maximum atomic E-state index is 15.0. The molecule has 3 aliphatic heterocycles. The Morgan fingerprint density at radius 1 is 0.868 bits per heavy atom. The summed E-state index contributed by atoms with van der Waals surface area (Å²) in [5.74, 6) is 1.34. The van der Waals surface area contributed by atoms with Crippen LogP contribution in [-0.2, 0) is 21.7 Å². The number of fused-ring (bicyclic) bond motifs is 4. The van der Waals surface area contributed by atoms with E-state index in [4.69, 9.17) is 25.8 Å². The highest BCUT2D eigenvalue weighted by atomic mass is 35.5. The van der Waals surface area contributed by atoms with Gasteiger partial charge in [0.05, 0.1) is 44.8 Å². The lowest BCUT2D eigenvalue weighted by molar-refractivity contribution is -0.146. The maximum Gasteiger partial charge on any atom is 0.266 e. The fourth-order valence-corrected chi connectivity index (χ4v) is 13.1. The molecule has 2 amide bonds. The van der Waals surface area contributed by atoms with Gasteiger partial charge in [0.1, 0.15) is 11.5 Å². The predicted molar refractivity (Wildman–Crippen MR) is 210 cm³/mol. The molecule has 5 aromatic carbocycles. The number of methoxy groups -OCH3 is 1. The summed E-state index contributed by atoms with van der Waals surface area (Å²) >= 11 is 6.65. The van der Waals surface area contributed by atoms with Crippen LogP contribution in [0.5, 0.6) is 17.2 Å². The fourth-order valence-electron chi connectivity index (χ4n) is 8.84. The first kappa shape index (κ1) is 35.1. The highest BCUT2D eigenvalue weighted by Crippen LogP contribution is 2.60. The monoisotopic (exact) mass is 744 g/mol. The first-order chi connectivity index (χ1) is 25.6. The van der Waals surface area contributed by atoms with E-state index in [-0.39, 0.29) is 42.5 Å². The number of anilines is 3. The van der Waals surface area contributed by atoms with Crippen molar-refractivity contribution in [3.05, 3.63) is 137 Å². The van der Waals surface area contributed by atoms with Crippen LogP contribution >= 0.6 is 11.6 Å². The first-order valence-corrected chi connectivity index (χ1v) is 21.4. The minimum Gasteiger partial charge on any atom is -0.497 e. The molecular formula is C43H41ClN2O6Si. The van der Waals surface area contributed by atoms with Crippen LogP contribution in [-0.4, -0.2) is 44.8 Å². The molecule has 0 unspecified atom stereocenters. The van der Waals surface area contributed by atoms with Crippen LogP contribution in [0.2, 0.25) is 23.7 Å². The molecule has 3 heterocycles. The van der Waals surface area contributed by atoms with Crippen molar-refractivity contribution in [2.24, 2.45) is 5.92 Å². The number of hydrogen-bond acceptors (Lipinski definition) is 6. The van der Waals surface area contributed by atoms with Crippen LogP contribution in [0.4, 0.5) is 17.1 Å². The zero-order valence-electron chi connectivity index (χ0n) is 30.1. The van der Waals surface area contributed by atoms with Gasteiger partial charge in [-0.25, -0.2) is 0 Å². The lowest BCUT2D eigenvalue weighted by Crippen LogP contribution is -2.51. The molecule has 8 rings (SSSR count). The highest BCUT2D eigenvalue weighted by molar-refractivity contribution is 6.91. The molecule has 3 aliphatic rings. The zero-order valence-corrected chi connectivity index (χ0v) is 31.8. The van der Waals surface area contributed by atoms with Crippen LogP contribution in [0.25, 0.3) is 0 Å². The Morgan fingerprint density at radius 2 is 1.57 bits per heavy atom. The SMILES string of the molecule is COc1ccc([Si](C)(C)[C@H]2[C@H](CCO)O[C@@]3(C(=O)N(Cc4ccc(N5C(=O)c6ccccc6Oc6ccccc65)cc4)c4ccc(Cl)cc43)[C@@H]2C)cc1. The van der Waals surface area contributed by atoms with Gasteiger partial charge < -0.3 is 24.2 Å². The van der Waals surface area contributed by atoms with E-state index in [1.54, 1.807) is 29.0 Å². The van der Waals surface area contributed by atoms with Gasteiger partial charge in [0.15, 0.2) is 11.4 Å². The highest BCUT2D eigenvalue weighted by Gasteiger charge is 2.66. The summed E-state index contributed by atoms with van der Waals surface area (Å²) in [5, 5.41) is 12.0. The maximum absolute atomic E-state index is 15.0. The average molecular weight is 745 g/mol. The van der Waals surface area contributed by atoms with Crippen molar-refractivity contribution in [1.82, 2.24) is 0 Å². The Labute approximate surface area is 315 Å². The van der Waals surface area contributed by atoms with Crippen molar-refractivity contribution in [1.29, 1.82) is 0 Å². The van der Waals surface area contributed by atoms with Crippen molar-refractivity contribution >= 4 is 53.7 Å². The van der Waals surface area contributed by atoms with Gasteiger partial charge in [-0.15, -0.1) is 0 Å². The quantitative estimate of drug-likeness (QED) is 0.160. The van der Waals surface area contributed by atoms with Crippen LogP contribution in [0, 0.1) is 5.92 Å². The van der Waals surface area contributed by atoms with E-state index in [1.165, 1.54) is 5.19 Å². The van der Waals surface area contributed by atoms with Gasteiger partial charge in [0.2, 0.25) is 0 Å². The smallest absolute Gasteiger partial charge is 0.266 e. The Balaban J connectivity index is 1.13. The second-order valence-corrected chi connectivity index (χ2v) is 19.7. The van der Waals surface area contributed by atoms with Crippen molar-refractivity contribution in [2.75, 3.05) is 23.5 Å². The molecule has 1 fully saturated rings. The molecule has 1 N–H and O–H groups in total. The summed E-state index contributed by atoms with van der Waals surface area (Å²) in [4.78, 5) is 32.5. The number of hydrogen-bond donors (Lipinski definition) is 1. The van der Waals surface area contributed by atoms with Gasteiger partial charge in [-0.3, -0.25) is 14.5 Å². The Bertz CT molecular complexity index is 2210. The Hall–Kier alpha value is -4.93. The molecule has 270 valence electrons. The number of halogens is 1. The number of rotatable bonds is 8. The van der Waals surface area contributed by atoms with Gasteiger partial charge in [-0.05, 0) is 84.3 Å². The summed E-state index contributed by atoms with van der Waals surface area (Å²) in [5.41, 5.74) is 2.94. The summed E-state index contributed by atoms with van der Waals surface area (Å²) in [6, 6.07) is 36.3. The van der Waals surface area contributed by atoms with Crippen molar-refractivity contribution < 1.29 is 28.9 Å². The molecule has 1 saturated heterocycles. The van der Waals surface area contributed by atoms with E-state index in [0.29, 0.717) is 39.9 Å². The zero-order chi connectivity index (χ0) is 37.1. The molecule has 4 atom stereocenters. The van der Waals surface area contributed by atoms with Gasteiger partial charge in [0, 0.05) is 28.8 Å². The molecule has 0 aromatic heterocycles. The standard InChI is InChI=1S/C43H41ClN2O6Si/c1-27-40(53(3,4)32-20-18-31(50-2)19-21-32)39(23-24-47)52-43(27)34-25-29(44)15-22-35(34)45(42(43)49)26-28-13-16-30(17-14-28)46-36-10-6-8-12-38(36)51-37-11-7-5-9-33(37)41(46)48/h5-22,25,27,39-40,47H,23-24,26H2,1-4H3/t27-,39+,40-,43+/m1/s1. The molecule has 53 heavy (non-hydrogen) atoms. The van der Waals surface area contributed by atoms with E-state index < -0.39 is 13.7 Å². The molecule has 5 aromatic rings. The molecular weight excluding hydrogens is 704 g/mol. The Kier molecular flexibility index (Phi) is 8.93. The number of nitrogens with zero attached hydrogens (tertiary/aromatic N) is 2. The lowest BCUT2D eigenvalue weighted by atomic mass is 9.82. The molecule has 8 nitrogen and oxygen atoms in total. The molecule has 0 saturated carbocycles. The van der Waals surface area contributed by atoms with Crippen LogP contribution in [0.3, 0.4) is 0 Å². The van der Waals surface area contributed by atoms with E-state index in [0.717, 1.165) is 22.6 Å². The van der Waals surface area contributed by atoms with E-state index >= 15 is 4.79 Å². The van der Waals surface area contributed by atoms with Gasteiger partial charge in [-0.2, -0.15) is 0 Å². The van der Waals surface area contributed by atoms with E-state index in [9.17, 15) is 9.90 Å². The second kappa shape index (κ2) is 13.5. The fraction of sp³-hybridized carbons (Fsp3) is 0.256. The molecule has 0 radical (unpaired) electrons. The topological polar surface area (TPSA) is 88.5 Å². The summed E-state index contributed by atoms with van der Waals surface area (Å²) in [6.45, 7) is 7.00. The number of benzene rings is 5. The lowest BCUT2D eigenvalue weighted by Gasteiger charge is -2.37. The first-order valence-electron chi connectivity index (χ1n) is 17.9. The normalized spacial score (nSPS) is 22.0. The van der Waals surface area contributed by atoms with Gasteiger partial charge >= 0.3 is 0 Å². The third kappa shape index (κ3) is 5.65. The number of para-hydroxylation sites is 3. The molecule has 0 aliphatic carbocycles. The van der Waals surface area contributed by atoms with Crippen molar-refractivity contribution in [3.8, 4) is 17.2 Å². The van der Waals surface area contributed by atoms with E-state index in [2.05, 4.69) is 32.2 Å². The van der Waals surface area contributed by atoms with E-state index in [1.807, 2.05) is 91.0 Å². The van der Waals surface area contributed by atoms with Crippen LogP contribution in [0.15, 0.2) is 115 Å². The van der Waals surface area contributed by atoms with Crippen molar-refractivity contribution in [3.63, 3.8) is 0 Å². The van der Waals surface area contributed by atoms with Gasteiger partial charge in [-0.1, -0.05) is 85.3 Å². The second-order valence-electron chi connectivity index (χ2n) is 14.6. The summed E-state index contributed by atoms with van der Waals surface area (Å²) < 4.78 is 18.6. The molecule has 1 spiro atoms. The number of amides is 2. The molecule has 10 heteroatoms. The summed E-state index contributed by atoms with van der Waals surface area (Å²) in [6.07, 6.45) is 0.0823.